The van der Waals surface area contributed by atoms with Crippen molar-refractivity contribution in [3.8, 4) is 57.5 Å². The molecule has 2 saturated heterocycles. The number of phenolic OH excluding ortho intramolecular Hbond substituents is 2. The molecule has 10 rings (SSSR count). The van der Waals surface area contributed by atoms with Crippen molar-refractivity contribution in [2.45, 2.75) is 119 Å². The number of anilines is 2. The lowest BCUT2D eigenvalue weighted by atomic mass is 10.00. The average Bonchev–Trinajstić information content (AvgIpc) is 0.730. The highest BCUT2D eigenvalue weighted by Crippen LogP contribution is 2.49. The number of nitrogens with zero attached hydrogens (tertiary/aromatic N) is 12. The zero-order chi connectivity index (χ0) is 69.3. The predicted octanol–water partition coefficient (Wildman–Crippen LogP) is 15.0. The molecular formula is C68H64Cl6F2N12O6. The Morgan fingerprint density at radius 3 is 1.19 bits per heavy atom. The number of carbonyl (C=O) groups is 2. The van der Waals surface area contributed by atoms with E-state index in [0.717, 1.165) is 0 Å². The maximum absolute atomic E-state index is 14.7. The molecular weight excluding hydrogens is 1330 g/mol. The Morgan fingerprint density at radius 2 is 0.904 bits per heavy atom. The fraction of sp³-hybridized carbons (Fsp3) is 0.324. The Morgan fingerprint density at radius 1 is 0.585 bits per heavy atom. The highest BCUT2D eigenvalue weighted by Gasteiger charge is 2.39. The van der Waals surface area contributed by atoms with Crippen molar-refractivity contribution in [1.82, 2.24) is 38.9 Å². The molecule has 2 aliphatic heterocycles. The van der Waals surface area contributed by atoms with Crippen molar-refractivity contribution in [3.05, 3.63) is 169 Å². The topological polar surface area (TPSA) is 231 Å². The van der Waals surface area contributed by atoms with E-state index in [2.05, 4.69) is 35.3 Å². The summed E-state index contributed by atoms with van der Waals surface area (Å²) >= 11 is 38.6. The summed E-state index contributed by atoms with van der Waals surface area (Å²) in [5.74, 6) is -3.91. The van der Waals surface area contributed by atoms with E-state index in [4.69, 9.17) is 79.6 Å². The fourth-order valence-corrected chi connectivity index (χ4v) is 14.3. The van der Waals surface area contributed by atoms with Crippen LogP contribution in [0.1, 0.15) is 112 Å². The molecule has 0 saturated carbocycles. The molecule has 2 aromatic carbocycles. The minimum atomic E-state index is -0.994. The van der Waals surface area contributed by atoms with Crippen LogP contribution in [-0.2, 0) is 9.59 Å². The van der Waals surface area contributed by atoms with Crippen LogP contribution in [0.15, 0.2) is 71.6 Å². The Bertz CT molecular complexity index is 4400. The van der Waals surface area contributed by atoms with Crippen LogP contribution in [0.4, 0.5) is 20.2 Å². The van der Waals surface area contributed by atoms with Gasteiger partial charge < -0.3 is 29.8 Å². The maximum atomic E-state index is 14.7. The molecule has 8 heterocycles. The largest absolute Gasteiger partial charge is 0.506 e. The smallest absolute Gasteiger partial charge is 0.276 e. The predicted molar refractivity (Wildman–Crippen MR) is 367 cm³/mol. The number of rotatable bonds is 10. The summed E-state index contributed by atoms with van der Waals surface area (Å²) in [6, 6.07) is 9.70. The van der Waals surface area contributed by atoms with Crippen LogP contribution in [0.2, 0.25) is 30.1 Å². The lowest BCUT2D eigenvalue weighted by Gasteiger charge is -2.45. The number of benzene rings is 2. The average molecular weight is 1400 g/mol. The molecule has 0 unspecified atom stereocenters. The number of aromatic hydroxyl groups is 2. The van der Waals surface area contributed by atoms with Crippen LogP contribution in [0.5, 0.6) is 11.5 Å². The molecule has 2 N–H and O–H groups in total. The number of halogens is 8. The van der Waals surface area contributed by atoms with Crippen LogP contribution < -0.4 is 20.9 Å². The Kier molecular flexibility index (Phi) is 20.2. The van der Waals surface area contributed by atoms with Crippen molar-refractivity contribution >= 4 is 115 Å². The number of aryl methyl sites for hydroxylation is 2. The normalized spacial score (nSPS) is 16.6. The number of amides is 2. The molecule has 2 fully saturated rings. The zero-order valence-electron chi connectivity index (χ0n) is 53.2. The second-order valence-corrected chi connectivity index (χ2v) is 26.4. The van der Waals surface area contributed by atoms with Crippen molar-refractivity contribution in [3.63, 3.8) is 0 Å². The number of hydrogen-bond donors (Lipinski definition) is 2. The van der Waals surface area contributed by atoms with E-state index >= 15 is 0 Å². The first kappa shape index (κ1) is 70.0. The number of fused-ring (bicyclic) bond motifs is 2. The standard InChI is InChI=1S/2C34H32Cl3FN6O3/c2*1-8-23(45)43-17(5)13-42(14-18(43)6)31-20-11-22(35)29(24-19(7)25(36)27(38)26(37)32(24)46)41-33(20)44(34(47)21(31)12-39)30-16(4)9-10-40-28(30)15(2)3/h2*8-11,15,17-18,46H,1,13-14H2,2-7H3/t2*17-,18+. The molecule has 488 valence electrons. The summed E-state index contributed by atoms with van der Waals surface area (Å²) in [5, 5.41) is 42.1. The van der Waals surface area contributed by atoms with E-state index in [0.29, 0.717) is 82.2 Å². The third-order valence-corrected chi connectivity index (χ3v) is 19.3. The van der Waals surface area contributed by atoms with E-state index in [-0.39, 0.29) is 124 Å². The summed E-state index contributed by atoms with van der Waals surface area (Å²) in [6.07, 6.45) is 5.82. The molecule has 0 radical (unpaired) electrons. The fourth-order valence-electron chi connectivity index (χ4n) is 12.9. The minimum absolute atomic E-state index is 0.00227. The van der Waals surface area contributed by atoms with E-state index in [1.165, 1.54) is 35.1 Å². The molecule has 26 heteroatoms. The number of nitriles is 2. The molecule has 6 aromatic heterocycles. The first-order valence-electron chi connectivity index (χ1n) is 29.7. The molecule has 2 amide bonds. The summed E-state index contributed by atoms with van der Waals surface area (Å²) in [5.41, 5.74) is 2.98. The lowest BCUT2D eigenvalue weighted by Crippen LogP contribution is -2.58. The molecule has 0 spiro atoms. The van der Waals surface area contributed by atoms with Gasteiger partial charge in [-0.25, -0.2) is 18.7 Å². The van der Waals surface area contributed by atoms with Gasteiger partial charge in [0.25, 0.3) is 11.1 Å². The van der Waals surface area contributed by atoms with Crippen molar-refractivity contribution in [2.24, 2.45) is 0 Å². The molecule has 4 atom stereocenters. The summed E-state index contributed by atoms with van der Waals surface area (Å²) in [6.45, 7) is 30.3. The number of hydrogen-bond acceptors (Lipinski definition) is 14. The first-order valence-corrected chi connectivity index (χ1v) is 32.0. The second kappa shape index (κ2) is 27.2. The summed E-state index contributed by atoms with van der Waals surface area (Å²) in [4.78, 5) is 80.6. The first-order chi connectivity index (χ1) is 44.3. The van der Waals surface area contributed by atoms with Crippen LogP contribution in [0.3, 0.4) is 0 Å². The van der Waals surface area contributed by atoms with Gasteiger partial charge in [0.2, 0.25) is 11.8 Å². The third-order valence-electron chi connectivity index (χ3n) is 17.1. The summed E-state index contributed by atoms with van der Waals surface area (Å²) in [7, 11) is 0. The van der Waals surface area contributed by atoms with Crippen LogP contribution in [0, 0.1) is 62.0 Å². The van der Waals surface area contributed by atoms with Gasteiger partial charge >= 0.3 is 0 Å². The highest BCUT2D eigenvalue weighted by atomic mass is 35.5. The van der Waals surface area contributed by atoms with Gasteiger partial charge in [-0.3, -0.25) is 38.3 Å². The molecule has 94 heavy (non-hydrogen) atoms. The van der Waals surface area contributed by atoms with Crippen LogP contribution >= 0.6 is 69.6 Å². The van der Waals surface area contributed by atoms with Gasteiger partial charge in [-0.05, 0) is 126 Å². The number of carbonyl (C=O) groups excluding carboxylic acids is 2. The van der Waals surface area contributed by atoms with Gasteiger partial charge in [0.1, 0.15) is 56.1 Å². The molecule has 8 aromatic rings. The molecule has 2 aliphatic rings. The second-order valence-electron chi connectivity index (χ2n) is 24.1. The lowest BCUT2D eigenvalue weighted by molar-refractivity contribution is -0.131. The van der Waals surface area contributed by atoms with Crippen molar-refractivity contribution in [2.75, 3.05) is 36.0 Å². The summed E-state index contributed by atoms with van der Waals surface area (Å²) < 4.78 is 32.1. The van der Waals surface area contributed by atoms with E-state index < -0.39 is 44.3 Å². The van der Waals surface area contributed by atoms with Gasteiger partial charge in [-0.2, -0.15) is 10.5 Å². The van der Waals surface area contributed by atoms with E-state index in [9.17, 15) is 48.7 Å². The third kappa shape index (κ3) is 11.8. The van der Waals surface area contributed by atoms with E-state index in [1.54, 1.807) is 46.5 Å². The van der Waals surface area contributed by atoms with Crippen LogP contribution in [0.25, 0.3) is 56.0 Å². The maximum Gasteiger partial charge on any atom is 0.276 e. The van der Waals surface area contributed by atoms with Gasteiger partial charge in [-0.15, -0.1) is 0 Å². The quantitative estimate of drug-likeness (QED) is 0.0958. The van der Waals surface area contributed by atoms with E-state index in [1.807, 2.05) is 79.0 Å². The van der Waals surface area contributed by atoms with Crippen LogP contribution in [-0.4, -0.2) is 111 Å². The molecule has 18 nitrogen and oxygen atoms in total. The number of pyridine rings is 6. The highest BCUT2D eigenvalue weighted by molar-refractivity contribution is 6.39. The Hall–Kier alpha value is -8.34. The number of piperazine rings is 2. The number of aromatic nitrogens is 6. The number of phenols is 2. The van der Waals surface area contributed by atoms with Gasteiger partial charge in [-0.1, -0.05) is 110 Å². The SMILES string of the molecule is C=CC(=O)N1[C@H](C)CN(c2c(C#N)c(=O)n(-c3c(C)ccnc3C(C)C)c3nc(-c4c(C)c(Cl)c(F)c(Cl)c4O)c(Cl)cc23)C[C@@H]1C.C=CC(=O)N1[C@H](C)CN(c2c(C#N)c(=O)n(-c3c(C)ccnc3C(C)C)c3nc(-c4c(C)c(Cl)c(F)c(Cl)c4O)c(Cl)cc23)C[C@@H]1C. The van der Waals surface area contributed by atoms with Gasteiger partial charge in [0.05, 0.1) is 65.6 Å². The van der Waals surface area contributed by atoms with Gasteiger partial charge in [0, 0.05) is 84.6 Å². The molecule has 0 aliphatic carbocycles. The minimum Gasteiger partial charge on any atom is -0.506 e. The Labute approximate surface area is 571 Å². The Balaban J connectivity index is 0.000000221. The van der Waals surface area contributed by atoms with Crippen molar-refractivity contribution < 1.29 is 28.6 Å². The monoisotopic (exact) mass is 1390 g/mol. The zero-order valence-corrected chi connectivity index (χ0v) is 57.8. The van der Waals surface area contributed by atoms with Gasteiger partial charge in [0.15, 0.2) is 11.6 Å². The molecule has 0 bridgehead atoms. The van der Waals surface area contributed by atoms with Crippen molar-refractivity contribution in [1.29, 1.82) is 10.5 Å².